The average Bonchev–Trinajstić information content (AvgIpc) is 2.71. The molecule has 0 bridgehead atoms. The summed E-state index contributed by atoms with van der Waals surface area (Å²) in [6, 6.07) is 4.52. The molecule has 2 rings (SSSR count). The molecule has 4 nitrogen and oxygen atoms in total. The molecule has 2 N–H and O–H groups in total. The molecule has 0 aliphatic carbocycles. The van der Waals surface area contributed by atoms with Crippen LogP contribution in [0.25, 0.3) is 0 Å². The smallest absolute Gasteiger partial charge is 0.231 e. The minimum Gasteiger partial charge on any atom is -0.323 e. The number of carbonyl (C=O) groups excluding carboxylic acids is 1. The van der Waals surface area contributed by atoms with Crippen molar-refractivity contribution in [3.8, 4) is 0 Å². The maximum absolute atomic E-state index is 13.7. The van der Waals surface area contributed by atoms with Gasteiger partial charge in [-0.05, 0) is 39.0 Å². The number of rotatable bonds is 3. The first-order chi connectivity index (χ1) is 9.40. The number of aryl methyl sites for hydroxylation is 2. The van der Waals surface area contributed by atoms with Gasteiger partial charge in [-0.2, -0.15) is 5.10 Å². The second kappa shape index (κ2) is 5.75. The highest BCUT2D eigenvalue weighted by Gasteiger charge is 2.22. The lowest BCUT2D eigenvalue weighted by molar-refractivity contribution is -0.117. The van der Waals surface area contributed by atoms with Crippen LogP contribution >= 0.6 is 15.9 Å². The van der Waals surface area contributed by atoms with E-state index in [1.54, 1.807) is 13.0 Å². The van der Waals surface area contributed by atoms with Crippen LogP contribution in [0.3, 0.4) is 0 Å². The van der Waals surface area contributed by atoms with Gasteiger partial charge in [0.2, 0.25) is 5.91 Å². The van der Waals surface area contributed by atoms with E-state index < -0.39 is 11.7 Å². The maximum atomic E-state index is 13.7. The van der Waals surface area contributed by atoms with Crippen molar-refractivity contribution >= 4 is 27.5 Å². The SMILES string of the molecule is Cc1n[nH]c(C)c1C(C)C(=O)Nc1ccc(Br)cc1F. The third kappa shape index (κ3) is 2.90. The van der Waals surface area contributed by atoms with E-state index in [9.17, 15) is 9.18 Å². The standard InChI is InChI=1S/C14H15BrFN3O/c1-7(13-8(2)18-19-9(13)3)14(20)17-12-5-4-10(15)6-11(12)16/h4-7H,1-3H3,(H,17,20)(H,18,19). The topological polar surface area (TPSA) is 57.8 Å². The van der Waals surface area contributed by atoms with Gasteiger partial charge < -0.3 is 5.32 Å². The van der Waals surface area contributed by atoms with Gasteiger partial charge in [0.05, 0.1) is 17.3 Å². The number of H-pyrrole nitrogens is 1. The van der Waals surface area contributed by atoms with Gasteiger partial charge in [0, 0.05) is 15.7 Å². The van der Waals surface area contributed by atoms with Gasteiger partial charge in [-0.1, -0.05) is 15.9 Å². The predicted octanol–water partition coefficient (Wildman–Crippen LogP) is 3.67. The van der Waals surface area contributed by atoms with Crippen LogP contribution in [-0.2, 0) is 4.79 Å². The van der Waals surface area contributed by atoms with E-state index in [4.69, 9.17) is 0 Å². The zero-order chi connectivity index (χ0) is 14.9. The zero-order valence-corrected chi connectivity index (χ0v) is 13.0. The van der Waals surface area contributed by atoms with Gasteiger partial charge in [-0.25, -0.2) is 4.39 Å². The lowest BCUT2D eigenvalue weighted by atomic mass is 9.98. The molecule has 1 unspecified atom stereocenters. The second-order valence-electron chi connectivity index (χ2n) is 4.68. The van der Waals surface area contributed by atoms with Gasteiger partial charge in [0.1, 0.15) is 5.82 Å². The van der Waals surface area contributed by atoms with Gasteiger partial charge >= 0.3 is 0 Å². The van der Waals surface area contributed by atoms with Crippen LogP contribution in [0.15, 0.2) is 22.7 Å². The number of nitrogens with one attached hydrogen (secondary N) is 2. The van der Waals surface area contributed by atoms with Crippen LogP contribution in [0.1, 0.15) is 29.8 Å². The minimum absolute atomic E-state index is 0.170. The quantitative estimate of drug-likeness (QED) is 0.896. The van der Waals surface area contributed by atoms with Gasteiger partial charge in [-0.15, -0.1) is 0 Å². The Morgan fingerprint density at radius 3 is 2.70 bits per heavy atom. The maximum Gasteiger partial charge on any atom is 0.231 e. The fraction of sp³-hybridized carbons (Fsp3) is 0.286. The Hall–Kier alpha value is -1.69. The fourth-order valence-electron chi connectivity index (χ4n) is 2.16. The van der Waals surface area contributed by atoms with E-state index in [2.05, 4.69) is 31.4 Å². The molecule has 106 valence electrons. The summed E-state index contributed by atoms with van der Waals surface area (Å²) >= 11 is 3.18. The summed E-state index contributed by atoms with van der Waals surface area (Å²) < 4.78 is 14.3. The molecule has 1 atom stereocenters. The second-order valence-corrected chi connectivity index (χ2v) is 5.60. The number of nitrogens with zero attached hydrogens (tertiary/aromatic N) is 1. The molecule has 6 heteroatoms. The van der Waals surface area contributed by atoms with Crippen LogP contribution in [0.2, 0.25) is 0 Å². The van der Waals surface area contributed by atoms with E-state index >= 15 is 0 Å². The number of halogens is 2. The van der Waals surface area contributed by atoms with E-state index in [1.165, 1.54) is 12.1 Å². The first kappa shape index (κ1) is 14.7. The Balaban J connectivity index is 2.20. The summed E-state index contributed by atoms with van der Waals surface area (Å²) in [5.41, 5.74) is 2.65. The molecular weight excluding hydrogens is 325 g/mol. The number of benzene rings is 1. The molecule has 1 amide bonds. The Kier molecular flexibility index (Phi) is 4.23. The van der Waals surface area contributed by atoms with E-state index in [-0.39, 0.29) is 11.6 Å². The Morgan fingerprint density at radius 1 is 1.45 bits per heavy atom. The van der Waals surface area contributed by atoms with Crippen LogP contribution in [0.5, 0.6) is 0 Å². The molecule has 2 aromatic rings. The van der Waals surface area contributed by atoms with Crippen molar-refractivity contribution in [2.75, 3.05) is 5.32 Å². The molecule has 0 saturated heterocycles. The summed E-state index contributed by atoms with van der Waals surface area (Å²) in [5.74, 6) is -1.14. The fourth-order valence-corrected chi connectivity index (χ4v) is 2.49. The van der Waals surface area contributed by atoms with Crippen molar-refractivity contribution in [3.05, 3.63) is 45.4 Å². The molecular formula is C14H15BrFN3O. The Bertz CT molecular complexity index is 634. The summed E-state index contributed by atoms with van der Waals surface area (Å²) in [5, 5.41) is 9.52. The highest BCUT2D eigenvalue weighted by molar-refractivity contribution is 9.10. The Morgan fingerprint density at radius 2 is 2.15 bits per heavy atom. The van der Waals surface area contributed by atoms with Gasteiger partial charge in [0.15, 0.2) is 0 Å². The van der Waals surface area contributed by atoms with E-state index in [0.29, 0.717) is 4.47 Å². The number of hydrogen-bond acceptors (Lipinski definition) is 2. The Labute approximate surface area is 124 Å². The van der Waals surface area contributed by atoms with Crippen LogP contribution in [0.4, 0.5) is 10.1 Å². The summed E-state index contributed by atoms with van der Waals surface area (Å²) in [6.45, 7) is 5.47. The largest absolute Gasteiger partial charge is 0.323 e. The zero-order valence-electron chi connectivity index (χ0n) is 11.4. The minimum atomic E-state index is -0.472. The van der Waals surface area contributed by atoms with Crippen LogP contribution in [0, 0.1) is 19.7 Å². The van der Waals surface area contributed by atoms with Crippen LogP contribution < -0.4 is 5.32 Å². The molecule has 1 aromatic carbocycles. The predicted molar refractivity (Wildman–Crippen MR) is 79.2 cm³/mol. The summed E-state index contributed by atoms with van der Waals surface area (Å²) in [4.78, 5) is 12.2. The number of anilines is 1. The number of amides is 1. The highest BCUT2D eigenvalue weighted by Crippen LogP contribution is 2.25. The molecule has 0 spiro atoms. The summed E-state index contributed by atoms with van der Waals surface area (Å²) in [7, 11) is 0. The number of hydrogen-bond donors (Lipinski definition) is 2. The van der Waals surface area contributed by atoms with E-state index in [1.807, 2.05) is 13.8 Å². The number of aromatic nitrogens is 2. The van der Waals surface area contributed by atoms with Crippen molar-refractivity contribution in [3.63, 3.8) is 0 Å². The monoisotopic (exact) mass is 339 g/mol. The molecule has 0 radical (unpaired) electrons. The summed E-state index contributed by atoms with van der Waals surface area (Å²) in [6.07, 6.45) is 0. The van der Waals surface area contributed by atoms with Crippen molar-refractivity contribution in [1.29, 1.82) is 0 Å². The van der Waals surface area contributed by atoms with Gasteiger partial charge in [-0.3, -0.25) is 9.89 Å². The molecule has 20 heavy (non-hydrogen) atoms. The van der Waals surface area contributed by atoms with Crippen molar-refractivity contribution in [2.24, 2.45) is 0 Å². The molecule has 0 fully saturated rings. The molecule has 0 aliphatic heterocycles. The third-order valence-corrected chi connectivity index (χ3v) is 3.69. The van der Waals surface area contributed by atoms with Crippen molar-refractivity contribution in [1.82, 2.24) is 10.2 Å². The third-order valence-electron chi connectivity index (χ3n) is 3.20. The normalized spacial score (nSPS) is 12.2. The van der Waals surface area contributed by atoms with E-state index in [0.717, 1.165) is 17.0 Å². The van der Waals surface area contributed by atoms with Crippen molar-refractivity contribution in [2.45, 2.75) is 26.7 Å². The molecule has 0 aliphatic rings. The first-order valence-corrected chi connectivity index (χ1v) is 6.97. The van der Waals surface area contributed by atoms with Crippen LogP contribution in [-0.4, -0.2) is 16.1 Å². The molecule has 1 aromatic heterocycles. The molecule has 1 heterocycles. The lowest BCUT2D eigenvalue weighted by Gasteiger charge is -2.13. The highest BCUT2D eigenvalue weighted by atomic mass is 79.9. The van der Waals surface area contributed by atoms with Gasteiger partial charge in [0.25, 0.3) is 0 Å². The average molecular weight is 340 g/mol. The first-order valence-electron chi connectivity index (χ1n) is 6.17. The number of aromatic amines is 1. The lowest BCUT2D eigenvalue weighted by Crippen LogP contribution is -2.20. The molecule has 0 saturated carbocycles. The van der Waals surface area contributed by atoms with Crippen molar-refractivity contribution < 1.29 is 9.18 Å². The number of carbonyl (C=O) groups is 1.